The van der Waals surface area contributed by atoms with Crippen LogP contribution in [-0.4, -0.2) is 32.1 Å². The number of carbonyl (C=O) groups is 1. The fraction of sp³-hybridized carbons (Fsp3) is 0.308. The van der Waals surface area contributed by atoms with E-state index in [1.54, 1.807) is 24.8 Å². The Morgan fingerprint density at radius 2 is 1.17 bits per heavy atom. The van der Waals surface area contributed by atoms with Crippen molar-refractivity contribution >= 4 is 5.97 Å². The van der Waals surface area contributed by atoms with Crippen molar-refractivity contribution in [2.75, 3.05) is 0 Å². The van der Waals surface area contributed by atoms with Crippen LogP contribution < -0.4 is 9.13 Å². The second-order valence-electron chi connectivity index (χ2n) is 13.7. The van der Waals surface area contributed by atoms with E-state index in [2.05, 4.69) is 86.4 Å². The van der Waals surface area contributed by atoms with Crippen molar-refractivity contribution in [2.24, 2.45) is 5.92 Å². The number of hydrogen-bond acceptors (Lipinski definition) is 5. The number of ether oxygens (including phenoxy) is 1. The Kier molecular flexibility index (Phi) is 9.25. The molecule has 1 aliphatic heterocycles. The van der Waals surface area contributed by atoms with Crippen molar-refractivity contribution in [1.29, 1.82) is 0 Å². The van der Waals surface area contributed by atoms with Crippen LogP contribution in [0.3, 0.4) is 0 Å². The zero-order valence-electron chi connectivity index (χ0n) is 27.5. The number of aromatic nitrogens is 4. The van der Waals surface area contributed by atoms with Crippen molar-refractivity contribution in [3.05, 3.63) is 133 Å². The SMILES string of the molecule is CC1(C)CC(C(=O)OCc2cc(C[n+]3ccc(-c4ccncc4)cc3)ccc2C[n+]2ccc(-c3ccncc3)cc2)CC(C)(C)N1[O]. The average Bonchev–Trinajstić information content (AvgIpc) is 3.08. The second-order valence-corrected chi connectivity index (χ2v) is 13.7. The van der Waals surface area contributed by atoms with Gasteiger partial charge >= 0.3 is 5.97 Å². The number of carbonyl (C=O) groups excluding carboxylic acids is 1. The van der Waals surface area contributed by atoms with E-state index >= 15 is 0 Å². The van der Waals surface area contributed by atoms with Gasteiger partial charge in [-0.2, -0.15) is 0 Å². The van der Waals surface area contributed by atoms with Gasteiger partial charge in [0.2, 0.25) is 0 Å². The van der Waals surface area contributed by atoms with Gasteiger partial charge in [-0.3, -0.25) is 14.8 Å². The minimum Gasteiger partial charge on any atom is -0.461 e. The van der Waals surface area contributed by atoms with Crippen LogP contribution in [0.2, 0.25) is 0 Å². The predicted octanol–water partition coefficient (Wildman–Crippen LogP) is 6.14. The largest absolute Gasteiger partial charge is 0.461 e. The highest BCUT2D eigenvalue weighted by Crippen LogP contribution is 2.40. The maximum Gasteiger partial charge on any atom is 0.309 e. The standard InChI is InChI=1S/C39H42N5O3/c1-38(2)24-36(25-39(3,4)44(38)46)37(45)47-28-35-23-29(26-42-19-11-32(12-20-42)30-7-15-40-16-8-30)5-6-34(35)27-43-21-13-33(14-22-43)31-9-17-41-18-10-31/h5-23,36H,24-28H2,1-4H3/q+2. The van der Waals surface area contributed by atoms with Crippen molar-refractivity contribution in [3.8, 4) is 22.3 Å². The molecule has 0 bridgehead atoms. The van der Waals surface area contributed by atoms with Gasteiger partial charge < -0.3 is 4.74 Å². The molecular weight excluding hydrogens is 586 g/mol. The Labute approximate surface area is 276 Å². The van der Waals surface area contributed by atoms with Gasteiger partial charge in [0, 0.05) is 71.3 Å². The maximum atomic E-state index is 13.5. The fourth-order valence-electron chi connectivity index (χ4n) is 6.77. The van der Waals surface area contributed by atoms with Gasteiger partial charge in [-0.25, -0.2) is 9.13 Å². The average molecular weight is 629 g/mol. The lowest BCUT2D eigenvalue weighted by molar-refractivity contribution is -0.688. The highest BCUT2D eigenvalue weighted by atomic mass is 16.5. The van der Waals surface area contributed by atoms with Gasteiger partial charge in [0.05, 0.1) is 5.92 Å². The molecule has 6 rings (SSSR count). The van der Waals surface area contributed by atoms with E-state index in [4.69, 9.17) is 4.74 Å². The Hall–Kier alpha value is -4.79. The lowest BCUT2D eigenvalue weighted by Crippen LogP contribution is -2.59. The summed E-state index contributed by atoms with van der Waals surface area (Å²) in [4.78, 5) is 21.7. The Morgan fingerprint density at radius 3 is 1.68 bits per heavy atom. The minimum absolute atomic E-state index is 0.168. The molecule has 0 atom stereocenters. The molecule has 5 heterocycles. The van der Waals surface area contributed by atoms with E-state index < -0.39 is 11.1 Å². The van der Waals surface area contributed by atoms with Crippen molar-refractivity contribution in [2.45, 2.75) is 71.3 Å². The number of pyridine rings is 4. The molecule has 1 aromatic carbocycles. The Bertz CT molecular complexity index is 1790. The normalized spacial score (nSPS) is 16.1. The van der Waals surface area contributed by atoms with Crippen LogP contribution in [0.15, 0.2) is 116 Å². The van der Waals surface area contributed by atoms with Crippen molar-refractivity contribution < 1.29 is 23.9 Å². The number of piperidine rings is 1. The quantitative estimate of drug-likeness (QED) is 0.145. The summed E-state index contributed by atoms with van der Waals surface area (Å²) in [5.74, 6) is -0.576. The van der Waals surface area contributed by atoms with Crippen LogP contribution in [-0.2, 0) is 34.4 Å². The number of rotatable bonds is 9. The summed E-state index contributed by atoms with van der Waals surface area (Å²) in [6, 6.07) is 22.8. The molecule has 0 amide bonds. The zero-order chi connectivity index (χ0) is 33.0. The van der Waals surface area contributed by atoms with Crippen LogP contribution in [0, 0.1) is 5.92 Å². The molecule has 1 radical (unpaired) electrons. The Morgan fingerprint density at radius 1 is 0.702 bits per heavy atom. The lowest BCUT2D eigenvalue weighted by Gasteiger charge is -2.49. The summed E-state index contributed by atoms with van der Waals surface area (Å²) in [5.41, 5.74) is 6.37. The molecule has 0 spiro atoms. The van der Waals surface area contributed by atoms with Crippen molar-refractivity contribution in [3.63, 3.8) is 0 Å². The molecule has 1 aliphatic rings. The van der Waals surface area contributed by atoms with Gasteiger partial charge in [-0.15, -0.1) is 10.3 Å². The van der Waals surface area contributed by atoms with Gasteiger partial charge in [0.25, 0.3) is 0 Å². The molecule has 1 fully saturated rings. The molecule has 0 N–H and O–H groups in total. The van der Waals surface area contributed by atoms with Crippen molar-refractivity contribution in [1.82, 2.24) is 15.0 Å². The highest BCUT2D eigenvalue weighted by molar-refractivity contribution is 5.73. The summed E-state index contributed by atoms with van der Waals surface area (Å²) >= 11 is 0. The monoisotopic (exact) mass is 628 g/mol. The van der Waals surface area contributed by atoms with Crippen LogP contribution >= 0.6 is 0 Å². The third-order valence-corrected chi connectivity index (χ3v) is 9.09. The first-order valence-corrected chi connectivity index (χ1v) is 16.1. The molecule has 0 unspecified atom stereocenters. The first kappa shape index (κ1) is 32.2. The zero-order valence-corrected chi connectivity index (χ0v) is 27.5. The first-order valence-electron chi connectivity index (χ1n) is 16.1. The first-order chi connectivity index (χ1) is 22.6. The molecule has 239 valence electrons. The van der Waals surface area contributed by atoms with Gasteiger partial charge in [-0.05, 0) is 98.7 Å². The number of esters is 1. The van der Waals surface area contributed by atoms with E-state index in [9.17, 15) is 10.0 Å². The topological polar surface area (TPSA) is 83.0 Å². The van der Waals surface area contributed by atoms with Crippen LogP contribution in [0.4, 0.5) is 0 Å². The molecule has 8 nitrogen and oxygen atoms in total. The van der Waals surface area contributed by atoms with Crippen LogP contribution in [0.1, 0.15) is 57.2 Å². The van der Waals surface area contributed by atoms with E-state index in [1.807, 2.05) is 52.0 Å². The molecule has 8 heteroatoms. The smallest absolute Gasteiger partial charge is 0.309 e. The summed E-state index contributed by atoms with van der Waals surface area (Å²) < 4.78 is 10.3. The third kappa shape index (κ3) is 7.62. The number of hydroxylamine groups is 2. The summed E-state index contributed by atoms with van der Waals surface area (Å²) in [6.07, 6.45) is 16.4. The summed E-state index contributed by atoms with van der Waals surface area (Å²) in [6.45, 7) is 9.09. The predicted molar refractivity (Wildman–Crippen MR) is 178 cm³/mol. The third-order valence-electron chi connectivity index (χ3n) is 9.09. The van der Waals surface area contributed by atoms with Crippen LogP contribution in [0.5, 0.6) is 0 Å². The molecule has 47 heavy (non-hydrogen) atoms. The fourth-order valence-corrected chi connectivity index (χ4v) is 6.77. The molecule has 1 saturated heterocycles. The van der Waals surface area contributed by atoms with Gasteiger partial charge in [-0.1, -0.05) is 12.1 Å². The van der Waals surface area contributed by atoms with E-state index in [0.717, 1.165) is 44.0 Å². The van der Waals surface area contributed by atoms with Gasteiger partial charge in [0.15, 0.2) is 37.9 Å². The Balaban J connectivity index is 1.22. The summed E-state index contributed by atoms with van der Waals surface area (Å²) in [5, 5.41) is 14.0. The molecule has 5 aromatic rings. The van der Waals surface area contributed by atoms with E-state index in [0.29, 0.717) is 25.9 Å². The van der Waals surface area contributed by atoms with E-state index in [-0.39, 0.29) is 18.5 Å². The number of hydrogen-bond donors (Lipinski definition) is 0. The number of nitrogens with zero attached hydrogens (tertiary/aromatic N) is 5. The minimum atomic E-state index is -0.639. The number of benzene rings is 1. The van der Waals surface area contributed by atoms with Gasteiger partial charge in [0.1, 0.15) is 6.61 Å². The lowest BCUT2D eigenvalue weighted by atomic mass is 9.75. The molecule has 0 saturated carbocycles. The molecular formula is C39H42N5O3+2. The van der Waals surface area contributed by atoms with Crippen LogP contribution in [0.25, 0.3) is 22.3 Å². The second kappa shape index (κ2) is 13.5. The molecule has 4 aromatic heterocycles. The van der Waals surface area contributed by atoms with E-state index in [1.165, 1.54) is 0 Å². The molecule has 0 aliphatic carbocycles. The summed E-state index contributed by atoms with van der Waals surface area (Å²) in [7, 11) is 0. The maximum absolute atomic E-state index is 13.5. The highest BCUT2D eigenvalue weighted by Gasteiger charge is 2.48.